The molecule has 3 nitrogen and oxygen atoms in total. The molecule has 2 rings (SSSR count). The summed E-state index contributed by atoms with van der Waals surface area (Å²) >= 11 is 11.9. The summed E-state index contributed by atoms with van der Waals surface area (Å²) in [5.41, 5.74) is 7.74. The Bertz CT molecular complexity index is 671. The molecule has 2 aromatic carbocycles. The standard InChI is InChI=1S/C16H15Cl2NO2/c1-2-15(20)10-4-6-16(14(19)7-10)21-9-11-3-5-12(17)8-13(11)18/h3-8H,2,9,19H2,1H3. The number of carbonyl (C=O) groups is 1. The molecular weight excluding hydrogens is 309 g/mol. The van der Waals surface area contributed by atoms with E-state index in [1.165, 1.54) is 0 Å². The maximum atomic E-state index is 11.6. The first kappa shape index (κ1) is 15.7. The number of halogens is 2. The Morgan fingerprint density at radius 1 is 1.19 bits per heavy atom. The Morgan fingerprint density at radius 3 is 2.57 bits per heavy atom. The number of ketones is 1. The smallest absolute Gasteiger partial charge is 0.162 e. The summed E-state index contributed by atoms with van der Waals surface area (Å²) in [5, 5.41) is 1.12. The fourth-order valence-electron chi connectivity index (χ4n) is 1.85. The highest BCUT2D eigenvalue weighted by Crippen LogP contribution is 2.26. The number of hydrogen-bond donors (Lipinski definition) is 1. The molecule has 110 valence electrons. The molecule has 0 unspecified atom stereocenters. The number of carbonyl (C=O) groups excluding carboxylic acids is 1. The third kappa shape index (κ3) is 3.90. The number of anilines is 1. The number of rotatable bonds is 5. The van der Waals surface area contributed by atoms with Crippen molar-refractivity contribution in [3.63, 3.8) is 0 Å². The van der Waals surface area contributed by atoms with Crippen molar-refractivity contribution in [2.45, 2.75) is 20.0 Å². The summed E-state index contributed by atoms with van der Waals surface area (Å²) in [4.78, 5) is 11.6. The minimum atomic E-state index is 0.0500. The van der Waals surface area contributed by atoms with E-state index in [0.717, 1.165) is 5.56 Å². The molecule has 0 heterocycles. The molecule has 2 N–H and O–H groups in total. The first-order valence-electron chi connectivity index (χ1n) is 6.50. The van der Waals surface area contributed by atoms with E-state index in [9.17, 15) is 4.79 Å². The van der Waals surface area contributed by atoms with Gasteiger partial charge in [0.05, 0.1) is 5.69 Å². The largest absolute Gasteiger partial charge is 0.487 e. The second-order valence-corrected chi connectivity index (χ2v) is 5.40. The van der Waals surface area contributed by atoms with Crippen molar-refractivity contribution in [1.29, 1.82) is 0 Å². The molecule has 0 saturated heterocycles. The molecule has 0 saturated carbocycles. The Balaban J connectivity index is 2.11. The van der Waals surface area contributed by atoms with Crippen LogP contribution < -0.4 is 10.5 Å². The molecule has 0 fully saturated rings. The molecule has 0 spiro atoms. The van der Waals surface area contributed by atoms with Crippen LogP contribution in [0.4, 0.5) is 5.69 Å². The fourth-order valence-corrected chi connectivity index (χ4v) is 2.31. The number of Topliss-reactive ketones (excluding diaryl/α,β-unsaturated/α-hetero) is 1. The van der Waals surface area contributed by atoms with Crippen molar-refractivity contribution < 1.29 is 9.53 Å². The van der Waals surface area contributed by atoms with Gasteiger partial charge in [-0.3, -0.25) is 4.79 Å². The number of benzene rings is 2. The molecule has 21 heavy (non-hydrogen) atoms. The lowest BCUT2D eigenvalue weighted by molar-refractivity contribution is 0.0988. The summed E-state index contributed by atoms with van der Waals surface area (Å²) in [5.74, 6) is 0.572. The van der Waals surface area contributed by atoms with Gasteiger partial charge in [0, 0.05) is 27.6 Å². The van der Waals surface area contributed by atoms with Crippen LogP contribution in [0.3, 0.4) is 0 Å². The van der Waals surface area contributed by atoms with Gasteiger partial charge >= 0.3 is 0 Å². The van der Waals surface area contributed by atoms with Crippen LogP contribution in [0.25, 0.3) is 0 Å². The zero-order valence-corrected chi connectivity index (χ0v) is 13.0. The highest BCUT2D eigenvalue weighted by Gasteiger charge is 2.08. The first-order valence-corrected chi connectivity index (χ1v) is 7.26. The Morgan fingerprint density at radius 2 is 1.95 bits per heavy atom. The van der Waals surface area contributed by atoms with Gasteiger partial charge in [0.1, 0.15) is 12.4 Å². The monoisotopic (exact) mass is 323 g/mol. The van der Waals surface area contributed by atoms with Gasteiger partial charge in [0.2, 0.25) is 0 Å². The van der Waals surface area contributed by atoms with E-state index in [1.54, 1.807) is 36.4 Å². The van der Waals surface area contributed by atoms with Crippen LogP contribution in [0, 0.1) is 0 Å². The van der Waals surface area contributed by atoms with Gasteiger partial charge in [-0.2, -0.15) is 0 Å². The van der Waals surface area contributed by atoms with E-state index < -0.39 is 0 Å². The third-order valence-electron chi connectivity index (χ3n) is 3.05. The van der Waals surface area contributed by atoms with Crippen LogP contribution in [0.1, 0.15) is 29.3 Å². The molecule has 0 aromatic heterocycles. The van der Waals surface area contributed by atoms with Crippen LogP contribution in [0.2, 0.25) is 10.0 Å². The molecule has 0 bridgehead atoms. The van der Waals surface area contributed by atoms with Crippen molar-refractivity contribution in [2.75, 3.05) is 5.73 Å². The molecule has 5 heteroatoms. The number of nitrogens with two attached hydrogens (primary N) is 1. The quantitative estimate of drug-likeness (QED) is 0.638. The zero-order valence-electron chi connectivity index (χ0n) is 11.5. The van der Waals surface area contributed by atoms with Crippen LogP contribution in [0.15, 0.2) is 36.4 Å². The number of hydrogen-bond acceptors (Lipinski definition) is 3. The predicted molar refractivity (Wildman–Crippen MR) is 86.3 cm³/mol. The van der Waals surface area contributed by atoms with Gasteiger partial charge < -0.3 is 10.5 Å². The molecular formula is C16H15Cl2NO2. The molecule has 0 aliphatic heterocycles. The van der Waals surface area contributed by atoms with E-state index in [1.807, 2.05) is 6.92 Å². The predicted octanol–water partition coefficient (Wildman–Crippen LogP) is 4.75. The minimum Gasteiger partial charge on any atom is -0.487 e. The summed E-state index contributed by atoms with van der Waals surface area (Å²) in [6.45, 7) is 2.09. The van der Waals surface area contributed by atoms with Crippen LogP contribution in [-0.4, -0.2) is 5.78 Å². The topological polar surface area (TPSA) is 52.3 Å². The average molecular weight is 324 g/mol. The summed E-state index contributed by atoms with van der Waals surface area (Å²) in [6, 6.07) is 10.2. The summed E-state index contributed by atoms with van der Waals surface area (Å²) in [7, 11) is 0. The van der Waals surface area contributed by atoms with E-state index in [4.69, 9.17) is 33.7 Å². The second kappa shape index (κ2) is 6.83. The van der Waals surface area contributed by atoms with Crippen LogP contribution in [-0.2, 0) is 6.61 Å². The van der Waals surface area contributed by atoms with E-state index in [0.29, 0.717) is 33.5 Å². The van der Waals surface area contributed by atoms with Gasteiger partial charge in [-0.1, -0.05) is 36.2 Å². The van der Waals surface area contributed by atoms with Gasteiger partial charge in [0.15, 0.2) is 5.78 Å². The summed E-state index contributed by atoms with van der Waals surface area (Å²) < 4.78 is 5.65. The van der Waals surface area contributed by atoms with Crippen molar-refractivity contribution in [3.05, 3.63) is 57.6 Å². The molecule has 0 atom stereocenters. The van der Waals surface area contributed by atoms with Crippen LogP contribution >= 0.6 is 23.2 Å². The molecule has 0 aliphatic carbocycles. The molecule has 0 aliphatic rings. The van der Waals surface area contributed by atoms with E-state index in [-0.39, 0.29) is 12.4 Å². The van der Waals surface area contributed by atoms with Crippen molar-refractivity contribution >= 4 is 34.7 Å². The lowest BCUT2D eigenvalue weighted by atomic mass is 10.1. The molecule has 0 amide bonds. The zero-order chi connectivity index (χ0) is 15.4. The normalized spacial score (nSPS) is 10.4. The van der Waals surface area contributed by atoms with Crippen molar-refractivity contribution in [2.24, 2.45) is 0 Å². The Hall–Kier alpha value is -1.71. The number of ether oxygens (including phenoxy) is 1. The van der Waals surface area contributed by atoms with Gasteiger partial charge in [-0.05, 0) is 30.3 Å². The molecule has 2 aromatic rings. The third-order valence-corrected chi connectivity index (χ3v) is 3.64. The van der Waals surface area contributed by atoms with Crippen molar-refractivity contribution in [3.8, 4) is 5.75 Å². The lowest BCUT2D eigenvalue weighted by Crippen LogP contribution is -2.02. The fraction of sp³-hybridized carbons (Fsp3) is 0.188. The lowest BCUT2D eigenvalue weighted by Gasteiger charge is -2.11. The maximum Gasteiger partial charge on any atom is 0.162 e. The van der Waals surface area contributed by atoms with Gasteiger partial charge in [-0.15, -0.1) is 0 Å². The Labute approximate surface area is 133 Å². The van der Waals surface area contributed by atoms with E-state index >= 15 is 0 Å². The highest BCUT2D eigenvalue weighted by atomic mass is 35.5. The highest BCUT2D eigenvalue weighted by molar-refractivity contribution is 6.35. The minimum absolute atomic E-state index is 0.0500. The second-order valence-electron chi connectivity index (χ2n) is 4.55. The number of nitrogen functional groups attached to an aromatic ring is 1. The summed E-state index contributed by atoms with van der Waals surface area (Å²) in [6.07, 6.45) is 0.444. The molecule has 0 radical (unpaired) electrons. The van der Waals surface area contributed by atoms with Crippen LogP contribution in [0.5, 0.6) is 5.75 Å². The Kier molecular flexibility index (Phi) is 5.10. The van der Waals surface area contributed by atoms with Gasteiger partial charge in [-0.25, -0.2) is 0 Å². The average Bonchev–Trinajstić information content (AvgIpc) is 2.46. The first-order chi connectivity index (χ1) is 10.0. The van der Waals surface area contributed by atoms with Crippen molar-refractivity contribution in [1.82, 2.24) is 0 Å². The maximum absolute atomic E-state index is 11.6. The van der Waals surface area contributed by atoms with E-state index in [2.05, 4.69) is 0 Å². The SMILES string of the molecule is CCC(=O)c1ccc(OCc2ccc(Cl)cc2Cl)c(N)c1. The van der Waals surface area contributed by atoms with Gasteiger partial charge in [0.25, 0.3) is 0 Å².